The Morgan fingerprint density at radius 3 is 2.91 bits per heavy atom. The third-order valence-corrected chi connectivity index (χ3v) is 4.19. The summed E-state index contributed by atoms with van der Waals surface area (Å²) in [5.41, 5.74) is 6.74. The summed E-state index contributed by atoms with van der Waals surface area (Å²) in [5.74, 6) is 1.06. The highest BCUT2D eigenvalue weighted by Crippen LogP contribution is 2.19. The van der Waals surface area contributed by atoms with Gasteiger partial charge in [0.05, 0.1) is 0 Å². The molecule has 1 amide bonds. The lowest BCUT2D eigenvalue weighted by Gasteiger charge is -2.30. The van der Waals surface area contributed by atoms with E-state index in [4.69, 9.17) is 21.9 Å². The number of nitrogens with two attached hydrogens (primary N) is 1. The van der Waals surface area contributed by atoms with E-state index in [1.54, 1.807) is 12.1 Å². The molecule has 1 unspecified atom stereocenters. The SMILES string of the molecule is NC1CCCN(C(=O)CCc2nc(-c3ccc(Cl)cc3)no2)C1. The Bertz CT molecular complexity index is 671. The first-order valence-electron chi connectivity index (χ1n) is 7.73. The predicted octanol–water partition coefficient (Wildman–Crippen LogP) is 2.27. The average molecular weight is 335 g/mol. The summed E-state index contributed by atoms with van der Waals surface area (Å²) in [7, 11) is 0. The van der Waals surface area contributed by atoms with Crippen molar-refractivity contribution in [3.8, 4) is 11.4 Å². The molecule has 23 heavy (non-hydrogen) atoms. The van der Waals surface area contributed by atoms with E-state index in [2.05, 4.69) is 10.1 Å². The smallest absolute Gasteiger partial charge is 0.227 e. The first kappa shape index (κ1) is 16.0. The maximum Gasteiger partial charge on any atom is 0.227 e. The first-order valence-corrected chi connectivity index (χ1v) is 8.11. The van der Waals surface area contributed by atoms with Crippen molar-refractivity contribution in [3.05, 3.63) is 35.2 Å². The molecule has 2 aromatic rings. The number of likely N-dealkylation sites (tertiary alicyclic amines) is 1. The molecule has 1 fully saturated rings. The molecule has 1 aromatic carbocycles. The van der Waals surface area contributed by atoms with Crippen molar-refractivity contribution in [2.45, 2.75) is 31.7 Å². The van der Waals surface area contributed by atoms with Gasteiger partial charge < -0.3 is 15.2 Å². The lowest BCUT2D eigenvalue weighted by Crippen LogP contribution is -2.45. The molecule has 1 aliphatic rings. The minimum atomic E-state index is 0.0893. The molecular weight excluding hydrogens is 316 g/mol. The third-order valence-electron chi connectivity index (χ3n) is 3.93. The number of hydrogen-bond acceptors (Lipinski definition) is 5. The van der Waals surface area contributed by atoms with Gasteiger partial charge in [0.15, 0.2) is 0 Å². The van der Waals surface area contributed by atoms with E-state index in [1.165, 1.54) is 0 Å². The minimum absolute atomic E-state index is 0.0893. The molecule has 1 aliphatic heterocycles. The fourth-order valence-corrected chi connectivity index (χ4v) is 2.81. The third kappa shape index (κ3) is 4.09. The van der Waals surface area contributed by atoms with Gasteiger partial charge in [0.1, 0.15) is 0 Å². The number of amides is 1. The van der Waals surface area contributed by atoms with Crippen LogP contribution in [0, 0.1) is 0 Å². The van der Waals surface area contributed by atoms with E-state index in [-0.39, 0.29) is 11.9 Å². The normalized spacial score (nSPS) is 18.2. The zero-order chi connectivity index (χ0) is 16.2. The van der Waals surface area contributed by atoms with Gasteiger partial charge in [-0.3, -0.25) is 4.79 Å². The van der Waals surface area contributed by atoms with E-state index >= 15 is 0 Å². The van der Waals surface area contributed by atoms with Crippen LogP contribution in [0.5, 0.6) is 0 Å². The predicted molar refractivity (Wildman–Crippen MR) is 86.9 cm³/mol. The zero-order valence-corrected chi connectivity index (χ0v) is 13.5. The van der Waals surface area contributed by atoms with Crippen molar-refractivity contribution < 1.29 is 9.32 Å². The highest BCUT2D eigenvalue weighted by molar-refractivity contribution is 6.30. The number of piperidine rings is 1. The summed E-state index contributed by atoms with van der Waals surface area (Å²) < 4.78 is 5.22. The lowest BCUT2D eigenvalue weighted by atomic mass is 10.1. The molecule has 2 N–H and O–H groups in total. The Kier molecular flexibility index (Phi) is 4.93. The van der Waals surface area contributed by atoms with Crippen LogP contribution in [0.25, 0.3) is 11.4 Å². The Morgan fingerprint density at radius 1 is 1.39 bits per heavy atom. The summed E-state index contributed by atoms with van der Waals surface area (Å²) >= 11 is 5.86. The molecule has 2 heterocycles. The van der Waals surface area contributed by atoms with E-state index in [0.29, 0.717) is 36.1 Å². The molecule has 0 spiro atoms. The zero-order valence-electron chi connectivity index (χ0n) is 12.7. The number of carbonyl (C=O) groups excluding carboxylic acids is 1. The van der Waals surface area contributed by atoms with Crippen LogP contribution >= 0.6 is 11.6 Å². The van der Waals surface area contributed by atoms with Crippen LogP contribution in [0.15, 0.2) is 28.8 Å². The summed E-state index contributed by atoms with van der Waals surface area (Å²) in [4.78, 5) is 18.3. The Hall–Kier alpha value is -1.92. The number of benzene rings is 1. The number of aromatic nitrogens is 2. The Morgan fingerprint density at radius 2 is 2.17 bits per heavy atom. The molecular formula is C16H19ClN4O2. The van der Waals surface area contributed by atoms with Gasteiger partial charge in [-0.15, -0.1) is 0 Å². The van der Waals surface area contributed by atoms with Crippen LogP contribution in [-0.4, -0.2) is 40.1 Å². The molecule has 7 heteroatoms. The average Bonchev–Trinajstić information content (AvgIpc) is 3.02. The van der Waals surface area contributed by atoms with Crippen molar-refractivity contribution in [2.75, 3.05) is 13.1 Å². The van der Waals surface area contributed by atoms with Gasteiger partial charge in [0.25, 0.3) is 0 Å². The quantitative estimate of drug-likeness (QED) is 0.927. The number of aryl methyl sites for hydroxylation is 1. The highest BCUT2D eigenvalue weighted by Gasteiger charge is 2.21. The molecule has 1 atom stereocenters. The van der Waals surface area contributed by atoms with Crippen LogP contribution in [0.3, 0.4) is 0 Å². The maximum absolute atomic E-state index is 12.2. The minimum Gasteiger partial charge on any atom is -0.341 e. The van der Waals surface area contributed by atoms with Gasteiger partial charge >= 0.3 is 0 Å². The second kappa shape index (κ2) is 7.10. The van der Waals surface area contributed by atoms with Crippen LogP contribution in [0.2, 0.25) is 5.02 Å². The van der Waals surface area contributed by atoms with Crippen molar-refractivity contribution in [3.63, 3.8) is 0 Å². The van der Waals surface area contributed by atoms with Gasteiger partial charge in [-0.25, -0.2) is 0 Å². The summed E-state index contributed by atoms with van der Waals surface area (Å²) in [6.07, 6.45) is 2.74. The fourth-order valence-electron chi connectivity index (χ4n) is 2.68. The number of rotatable bonds is 4. The number of hydrogen-bond donors (Lipinski definition) is 1. The number of carbonyl (C=O) groups is 1. The van der Waals surface area contributed by atoms with Gasteiger partial charge in [-0.1, -0.05) is 16.8 Å². The van der Waals surface area contributed by atoms with E-state index < -0.39 is 0 Å². The van der Waals surface area contributed by atoms with Gasteiger partial charge in [0.2, 0.25) is 17.6 Å². The number of nitrogens with zero attached hydrogens (tertiary/aromatic N) is 3. The molecule has 0 aliphatic carbocycles. The fraction of sp³-hybridized carbons (Fsp3) is 0.438. The molecule has 1 saturated heterocycles. The first-order chi connectivity index (χ1) is 11.1. The highest BCUT2D eigenvalue weighted by atomic mass is 35.5. The van der Waals surface area contributed by atoms with Crippen molar-refractivity contribution in [1.29, 1.82) is 0 Å². The molecule has 3 rings (SSSR count). The Balaban J connectivity index is 1.56. The summed E-state index contributed by atoms with van der Waals surface area (Å²) in [6, 6.07) is 7.30. The van der Waals surface area contributed by atoms with Crippen LogP contribution in [0.1, 0.15) is 25.2 Å². The molecule has 122 valence electrons. The van der Waals surface area contributed by atoms with Crippen molar-refractivity contribution in [2.24, 2.45) is 5.73 Å². The monoisotopic (exact) mass is 334 g/mol. The maximum atomic E-state index is 12.2. The van der Waals surface area contributed by atoms with Crippen molar-refractivity contribution in [1.82, 2.24) is 15.0 Å². The van der Waals surface area contributed by atoms with Crippen LogP contribution in [0.4, 0.5) is 0 Å². The molecule has 1 aromatic heterocycles. The second-order valence-electron chi connectivity index (χ2n) is 5.76. The van der Waals surface area contributed by atoms with E-state index in [9.17, 15) is 4.79 Å². The second-order valence-corrected chi connectivity index (χ2v) is 6.20. The van der Waals surface area contributed by atoms with Gasteiger partial charge in [0, 0.05) is 42.6 Å². The lowest BCUT2D eigenvalue weighted by molar-refractivity contribution is -0.132. The molecule has 0 radical (unpaired) electrons. The standard InChI is InChI=1S/C16H19ClN4O2/c17-12-5-3-11(4-6-12)16-19-14(23-20-16)7-8-15(22)21-9-1-2-13(18)10-21/h3-6,13H,1-2,7-10,18H2. The van der Waals surface area contributed by atoms with Crippen LogP contribution < -0.4 is 5.73 Å². The van der Waals surface area contributed by atoms with Gasteiger partial charge in [-0.2, -0.15) is 4.98 Å². The number of halogens is 1. The van der Waals surface area contributed by atoms with E-state index in [1.807, 2.05) is 17.0 Å². The van der Waals surface area contributed by atoms with E-state index in [0.717, 1.165) is 24.9 Å². The topological polar surface area (TPSA) is 85.2 Å². The molecule has 6 nitrogen and oxygen atoms in total. The molecule has 0 saturated carbocycles. The summed E-state index contributed by atoms with van der Waals surface area (Å²) in [6.45, 7) is 1.42. The largest absolute Gasteiger partial charge is 0.341 e. The van der Waals surface area contributed by atoms with Crippen molar-refractivity contribution >= 4 is 17.5 Å². The summed E-state index contributed by atoms with van der Waals surface area (Å²) in [5, 5.41) is 4.60. The Labute approximate surface area is 139 Å². The molecule has 0 bridgehead atoms. The van der Waals surface area contributed by atoms with Crippen LogP contribution in [-0.2, 0) is 11.2 Å². The van der Waals surface area contributed by atoms with Gasteiger partial charge in [-0.05, 0) is 37.1 Å².